The van der Waals surface area contributed by atoms with Crippen molar-refractivity contribution in [1.82, 2.24) is 9.78 Å². The summed E-state index contributed by atoms with van der Waals surface area (Å²) >= 11 is 23.6. The number of nitrogens with zero attached hydrogens (tertiary/aromatic N) is 2. The van der Waals surface area contributed by atoms with Crippen LogP contribution in [0.5, 0.6) is 0 Å². The number of halogens is 4. The molecule has 0 aliphatic heterocycles. The van der Waals surface area contributed by atoms with Gasteiger partial charge in [0.1, 0.15) is 10.8 Å². The van der Waals surface area contributed by atoms with Crippen molar-refractivity contribution in [3.63, 3.8) is 0 Å². The molecule has 0 saturated heterocycles. The highest BCUT2D eigenvalue weighted by Crippen LogP contribution is 2.25. The van der Waals surface area contributed by atoms with Gasteiger partial charge in [0.2, 0.25) is 0 Å². The number of rotatable bonds is 4. The standard InChI is InChI=1S/C18H14Cl3FN4S/c1-10-5-6-11(19)7-16(10)23-18(27)24-17-14(21)9-26(25-17)8-12-13(20)3-2-4-15(12)22/h2-7,9H,8H2,1H3,(H2,23,24,25,27). The van der Waals surface area contributed by atoms with Crippen LogP contribution in [0.1, 0.15) is 11.1 Å². The number of nitrogens with one attached hydrogen (secondary N) is 2. The highest BCUT2D eigenvalue weighted by atomic mass is 35.5. The van der Waals surface area contributed by atoms with E-state index in [0.29, 0.717) is 31.6 Å². The number of benzene rings is 2. The lowest BCUT2D eigenvalue weighted by atomic mass is 10.2. The van der Waals surface area contributed by atoms with Crippen molar-refractivity contribution in [3.05, 3.63) is 74.6 Å². The van der Waals surface area contributed by atoms with Crippen molar-refractivity contribution < 1.29 is 4.39 Å². The van der Waals surface area contributed by atoms with E-state index < -0.39 is 5.82 Å². The Bertz CT molecular complexity index is 986. The summed E-state index contributed by atoms with van der Waals surface area (Å²) in [5.74, 6) is -0.0569. The van der Waals surface area contributed by atoms with Gasteiger partial charge in [0.15, 0.2) is 10.9 Å². The molecule has 2 N–H and O–H groups in total. The van der Waals surface area contributed by atoms with Gasteiger partial charge < -0.3 is 10.6 Å². The molecule has 0 aliphatic carbocycles. The topological polar surface area (TPSA) is 41.9 Å². The lowest BCUT2D eigenvalue weighted by molar-refractivity contribution is 0.586. The number of aromatic nitrogens is 2. The van der Waals surface area contributed by atoms with Gasteiger partial charge in [-0.05, 0) is 49.0 Å². The van der Waals surface area contributed by atoms with Crippen molar-refractivity contribution in [1.29, 1.82) is 0 Å². The van der Waals surface area contributed by atoms with Crippen LogP contribution in [0.4, 0.5) is 15.9 Å². The van der Waals surface area contributed by atoms with Gasteiger partial charge in [-0.25, -0.2) is 4.39 Å². The molecule has 0 fully saturated rings. The van der Waals surface area contributed by atoms with Gasteiger partial charge in [-0.3, -0.25) is 4.68 Å². The van der Waals surface area contributed by atoms with Gasteiger partial charge in [-0.2, -0.15) is 5.10 Å². The zero-order chi connectivity index (χ0) is 19.6. The summed E-state index contributed by atoms with van der Waals surface area (Å²) in [6.45, 7) is 2.07. The zero-order valence-electron chi connectivity index (χ0n) is 14.1. The smallest absolute Gasteiger partial charge is 0.176 e. The van der Waals surface area contributed by atoms with Crippen LogP contribution < -0.4 is 10.6 Å². The Morgan fingerprint density at radius 2 is 1.93 bits per heavy atom. The van der Waals surface area contributed by atoms with E-state index >= 15 is 0 Å². The molecule has 3 aromatic rings. The van der Waals surface area contributed by atoms with Gasteiger partial charge in [0.05, 0.1) is 6.54 Å². The van der Waals surface area contributed by atoms with E-state index in [2.05, 4.69) is 15.7 Å². The lowest BCUT2D eigenvalue weighted by Gasteiger charge is -2.11. The molecule has 0 saturated carbocycles. The molecule has 0 amide bonds. The van der Waals surface area contributed by atoms with E-state index in [1.807, 2.05) is 13.0 Å². The molecular formula is C18H14Cl3FN4S. The third-order valence-electron chi connectivity index (χ3n) is 3.78. The molecule has 0 unspecified atom stereocenters. The van der Waals surface area contributed by atoms with E-state index in [0.717, 1.165) is 11.3 Å². The molecular weight excluding hydrogens is 430 g/mol. The molecule has 1 heterocycles. The highest BCUT2D eigenvalue weighted by Gasteiger charge is 2.13. The summed E-state index contributed by atoms with van der Waals surface area (Å²) in [4.78, 5) is 0. The van der Waals surface area contributed by atoms with E-state index in [-0.39, 0.29) is 6.54 Å². The van der Waals surface area contributed by atoms with Crippen molar-refractivity contribution in [3.8, 4) is 0 Å². The van der Waals surface area contributed by atoms with Gasteiger partial charge in [-0.1, -0.05) is 46.9 Å². The third kappa shape index (κ3) is 4.90. The molecule has 1 aromatic heterocycles. The van der Waals surface area contributed by atoms with E-state index in [1.165, 1.54) is 10.7 Å². The number of hydrogen-bond donors (Lipinski definition) is 2. The van der Waals surface area contributed by atoms with Crippen LogP contribution in [0, 0.1) is 12.7 Å². The molecule has 0 atom stereocenters. The second-order valence-corrected chi connectivity index (χ2v) is 7.42. The molecule has 27 heavy (non-hydrogen) atoms. The predicted molar refractivity (Wildman–Crippen MR) is 114 cm³/mol. The first kappa shape index (κ1) is 19.9. The summed E-state index contributed by atoms with van der Waals surface area (Å²) in [7, 11) is 0. The van der Waals surface area contributed by atoms with Crippen LogP contribution in [0.15, 0.2) is 42.6 Å². The first-order valence-electron chi connectivity index (χ1n) is 7.83. The lowest BCUT2D eigenvalue weighted by Crippen LogP contribution is -2.20. The average molecular weight is 444 g/mol. The monoisotopic (exact) mass is 442 g/mol. The Kier molecular flexibility index (Phi) is 6.22. The SMILES string of the molecule is Cc1ccc(Cl)cc1NC(=S)Nc1nn(Cc2c(F)cccc2Cl)cc1Cl. The Labute approximate surface area is 176 Å². The quantitative estimate of drug-likeness (QED) is 0.475. The van der Waals surface area contributed by atoms with E-state index in [4.69, 9.17) is 47.0 Å². The maximum absolute atomic E-state index is 14.0. The number of hydrogen-bond acceptors (Lipinski definition) is 2. The fraction of sp³-hybridized carbons (Fsp3) is 0.111. The normalized spacial score (nSPS) is 10.7. The number of aryl methyl sites for hydroxylation is 1. The molecule has 4 nitrogen and oxygen atoms in total. The molecule has 0 bridgehead atoms. The highest BCUT2D eigenvalue weighted by molar-refractivity contribution is 7.80. The van der Waals surface area contributed by atoms with Crippen molar-refractivity contribution >= 4 is 63.6 Å². The summed E-state index contributed by atoms with van der Waals surface area (Å²) < 4.78 is 15.4. The van der Waals surface area contributed by atoms with Crippen LogP contribution >= 0.6 is 47.0 Å². The number of thiocarbonyl (C=S) groups is 1. The minimum absolute atomic E-state index is 0.139. The second kappa shape index (κ2) is 8.44. The fourth-order valence-corrected chi connectivity index (χ4v) is 3.20. The maximum Gasteiger partial charge on any atom is 0.176 e. The molecule has 0 aliphatic rings. The van der Waals surface area contributed by atoms with Crippen LogP contribution in [-0.4, -0.2) is 14.9 Å². The molecule has 140 valence electrons. The summed E-state index contributed by atoms with van der Waals surface area (Å²) in [5.41, 5.74) is 2.09. The van der Waals surface area contributed by atoms with Gasteiger partial charge in [-0.15, -0.1) is 0 Å². The number of anilines is 2. The predicted octanol–water partition coefficient (Wildman–Crippen LogP) is 6.15. The van der Waals surface area contributed by atoms with Crippen LogP contribution in [0.2, 0.25) is 15.1 Å². The molecule has 9 heteroatoms. The molecule has 2 aromatic carbocycles. The van der Waals surface area contributed by atoms with Gasteiger partial charge in [0.25, 0.3) is 0 Å². The van der Waals surface area contributed by atoms with Gasteiger partial charge in [0, 0.05) is 27.5 Å². The van der Waals surface area contributed by atoms with Crippen molar-refractivity contribution in [2.45, 2.75) is 13.5 Å². The molecule has 3 rings (SSSR count). The molecule has 0 spiro atoms. The fourth-order valence-electron chi connectivity index (χ4n) is 2.40. The minimum Gasteiger partial charge on any atom is -0.332 e. The Morgan fingerprint density at radius 3 is 2.67 bits per heavy atom. The Hall–Kier alpha value is -1.86. The second-order valence-electron chi connectivity index (χ2n) is 5.76. The minimum atomic E-state index is -0.405. The zero-order valence-corrected chi connectivity index (χ0v) is 17.1. The van der Waals surface area contributed by atoms with E-state index in [1.54, 1.807) is 30.5 Å². The largest absolute Gasteiger partial charge is 0.332 e. The first-order valence-corrected chi connectivity index (χ1v) is 9.37. The first-order chi connectivity index (χ1) is 12.8. The van der Waals surface area contributed by atoms with Crippen LogP contribution in [-0.2, 0) is 6.54 Å². The summed E-state index contributed by atoms with van der Waals surface area (Å²) in [6.07, 6.45) is 1.57. The van der Waals surface area contributed by atoms with Crippen LogP contribution in [0.3, 0.4) is 0 Å². The third-order valence-corrected chi connectivity index (χ3v) is 4.85. The van der Waals surface area contributed by atoms with E-state index in [9.17, 15) is 4.39 Å². The Balaban J connectivity index is 1.73. The Morgan fingerprint density at radius 1 is 1.15 bits per heavy atom. The van der Waals surface area contributed by atoms with Gasteiger partial charge >= 0.3 is 0 Å². The average Bonchev–Trinajstić information content (AvgIpc) is 2.94. The van der Waals surface area contributed by atoms with Crippen molar-refractivity contribution in [2.75, 3.05) is 10.6 Å². The van der Waals surface area contributed by atoms with Crippen LogP contribution in [0.25, 0.3) is 0 Å². The van der Waals surface area contributed by atoms with Crippen molar-refractivity contribution in [2.24, 2.45) is 0 Å². The maximum atomic E-state index is 14.0. The summed E-state index contributed by atoms with van der Waals surface area (Å²) in [5, 5.41) is 11.8. The molecule has 0 radical (unpaired) electrons. The summed E-state index contributed by atoms with van der Waals surface area (Å²) in [6, 6.07) is 9.96.